The predicted molar refractivity (Wildman–Crippen MR) is 68.6 cm³/mol. The van der Waals surface area contributed by atoms with Crippen LogP contribution in [0.5, 0.6) is 0 Å². The van der Waals surface area contributed by atoms with E-state index in [4.69, 9.17) is 10.9 Å². The van der Waals surface area contributed by atoms with E-state index in [1.54, 1.807) is 19.2 Å². The molecule has 0 bridgehead atoms. The maximum Gasteiger partial charge on any atom is 0.272 e. The van der Waals surface area contributed by atoms with Crippen LogP contribution in [0.4, 0.5) is 0 Å². The molecule has 0 spiro atoms. The van der Waals surface area contributed by atoms with E-state index in [2.05, 4.69) is 10.1 Å². The summed E-state index contributed by atoms with van der Waals surface area (Å²) in [5, 5.41) is 11.4. The number of nitrogens with zero attached hydrogens (tertiary/aromatic N) is 3. The summed E-state index contributed by atoms with van der Waals surface area (Å²) in [4.78, 5) is 17.8. The first-order valence-electron chi connectivity index (χ1n) is 5.63. The molecule has 0 saturated carbocycles. The van der Waals surface area contributed by atoms with Crippen molar-refractivity contribution in [2.45, 2.75) is 26.3 Å². The number of rotatable bonds is 4. The number of aryl methyl sites for hydroxylation is 1. The molecule has 6 heteroatoms. The van der Waals surface area contributed by atoms with E-state index in [1.165, 1.54) is 4.90 Å². The maximum absolute atomic E-state index is 12.1. The quantitative estimate of drug-likeness (QED) is 0.361. The van der Waals surface area contributed by atoms with Crippen LogP contribution in [0, 0.1) is 6.92 Å². The molecule has 1 atom stereocenters. The van der Waals surface area contributed by atoms with Crippen LogP contribution in [0.15, 0.2) is 23.4 Å². The van der Waals surface area contributed by atoms with E-state index in [0.717, 1.165) is 5.69 Å². The number of hydrogen-bond acceptors (Lipinski definition) is 4. The highest BCUT2D eigenvalue weighted by Gasteiger charge is 2.19. The summed E-state index contributed by atoms with van der Waals surface area (Å²) < 4.78 is 0. The summed E-state index contributed by atoms with van der Waals surface area (Å²) in [6, 6.07) is 5.12. The van der Waals surface area contributed by atoms with Gasteiger partial charge in [-0.25, -0.2) is 4.98 Å². The molecule has 0 aliphatic heterocycles. The lowest BCUT2D eigenvalue weighted by Gasteiger charge is -2.24. The third-order valence-electron chi connectivity index (χ3n) is 2.72. The predicted octanol–water partition coefficient (Wildman–Crippen LogP) is 0.987. The van der Waals surface area contributed by atoms with Crippen LogP contribution in [-0.2, 0) is 0 Å². The molecule has 1 rings (SSSR count). The molecule has 1 aromatic heterocycles. The normalized spacial score (nSPS) is 13.2. The number of amidine groups is 1. The molecule has 1 aromatic rings. The number of amides is 1. The molecule has 0 aliphatic carbocycles. The molecular formula is C12H18N4O2. The van der Waals surface area contributed by atoms with Gasteiger partial charge in [-0.15, -0.1) is 0 Å². The fraction of sp³-hybridized carbons (Fsp3) is 0.417. The van der Waals surface area contributed by atoms with Gasteiger partial charge < -0.3 is 15.8 Å². The van der Waals surface area contributed by atoms with Gasteiger partial charge in [0.1, 0.15) is 11.5 Å². The Labute approximate surface area is 106 Å². The minimum Gasteiger partial charge on any atom is -0.409 e. The summed E-state index contributed by atoms with van der Waals surface area (Å²) in [7, 11) is 1.67. The Morgan fingerprint density at radius 3 is 2.83 bits per heavy atom. The van der Waals surface area contributed by atoms with Crippen LogP contribution < -0.4 is 5.73 Å². The monoisotopic (exact) mass is 250 g/mol. The van der Waals surface area contributed by atoms with Crippen LogP contribution in [-0.4, -0.2) is 39.9 Å². The molecule has 3 N–H and O–H groups in total. The Bertz CT molecular complexity index is 459. The molecule has 0 saturated heterocycles. The summed E-state index contributed by atoms with van der Waals surface area (Å²) in [5.41, 5.74) is 6.60. The van der Waals surface area contributed by atoms with E-state index in [9.17, 15) is 4.79 Å². The molecule has 6 nitrogen and oxygen atoms in total. The van der Waals surface area contributed by atoms with Crippen molar-refractivity contribution in [2.75, 3.05) is 7.05 Å². The van der Waals surface area contributed by atoms with Gasteiger partial charge in [0.2, 0.25) is 0 Å². The highest BCUT2D eigenvalue weighted by atomic mass is 16.4. The molecule has 0 fully saturated rings. The zero-order valence-electron chi connectivity index (χ0n) is 10.8. The van der Waals surface area contributed by atoms with Gasteiger partial charge in [0.15, 0.2) is 0 Å². The second-order valence-electron chi connectivity index (χ2n) is 4.22. The van der Waals surface area contributed by atoms with E-state index >= 15 is 0 Å². The first-order chi connectivity index (χ1) is 8.45. The molecule has 0 aromatic carbocycles. The molecule has 98 valence electrons. The van der Waals surface area contributed by atoms with Crippen molar-refractivity contribution >= 4 is 11.7 Å². The lowest BCUT2D eigenvalue weighted by Crippen LogP contribution is -2.38. The van der Waals surface area contributed by atoms with E-state index in [0.29, 0.717) is 12.1 Å². The molecule has 0 radical (unpaired) electrons. The topological polar surface area (TPSA) is 91.8 Å². The van der Waals surface area contributed by atoms with Crippen molar-refractivity contribution in [3.63, 3.8) is 0 Å². The Morgan fingerprint density at radius 1 is 1.61 bits per heavy atom. The van der Waals surface area contributed by atoms with Crippen LogP contribution in [0.1, 0.15) is 29.5 Å². The Morgan fingerprint density at radius 2 is 2.28 bits per heavy atom. The molecule has 1 heterocycles. The van der Waals surface area contributed by atoms with Gasteiger partial charge in [-0.2, -0.15) is 0 Å². The average Bonchev–Trinajstić information content (AvgIpc) is 2.36. The number of carbonyl (C=O) groups excluding carboxylic acids is 1. The molecular weight excluding hydrogens is 232 g/mol. The van der Waals surface area contributed by atoms with Crippen LogP contribution in [0.25, 0.3) is 0 Å². The van der Waals surface area contributed by atoms with Crippen molar-refractivity contribution in [1.29, 1.82) is 0 Å². The summed E-state index contributed by atoms with van der Waals surface area (Å²) >= 11 is 0. The fourth-order valence-corrected chi connectivity index (χ4v) is 1.52. The van der Waals surface area contributed by atoms with Crippen molar-refractivity contribution in [1.82, 2.24) is 9.88 Å². The molecule has 1 unspecified atom stereocenters. The molecule has 18 heavy (non-hydrogen) atoms. The highest BCUT2D eigenvalue weighted by Crippen LogP contribution is 2.07. The van der Waals surface area contributed by atoms with Gasteiger partial charge in [-0.1, -0.05) is 11.2 Å². The SMILES string of the molecule is Cc1cccc(C(=O)N(C)C(C)C/C(N)=N/O)n1. The first kappa shape index (κ1) is 14.0. The number of pyridine rings is 1. The maximum atomic E-state index is 12.1. The molecule has 0 aliphatic rings. The van der Waals surface area contributed by atoms with E-state index in [1.807, 2.05) is 19.9 Å². The molecule has 1 amide bonds. The van der Waals surface area contributed by atoms with Crippen LogP contribution in [0.3, 0.4) is 0 Å². The van der Waals surface area contributed by atoms with Crippen molar-refractivity contribution in [3.8, 4) is 0 Å². The second-order valence-corrected chi connectivity index (χ2v) is 4.22. The second kappa shape index (κ2) is 6.00. The van der Waals surface area contributed by atoms with Crippen molar-refractivity contribution < 1.29 is 10.0 Å². The van der Waals surface area contributed by atoms with E-state index in [-0.39, 0.29) is 17.8 Å². The number of hydrogen-bond donors (Lipinski definition) is 2. The number of carbonyl (C=O) groups is 1. The fourth-order valence-electron chi connectivity index (χ4n) is 1.52. The van der Waals surface area contributed by atoms with Crippen LogP contribution in [0.2, 0.25) is 0 Å². The standard InChI is InChI=1S/C12H18N4O2/c1-8-5-4-6-10(14-8)12(17)16(3)9(2)7-11(13)15-18/h4-6,9,18H,7H2,1-3H3,(H2,13,15). The zero-order valence-corrected chi connectivity index (χ0v) is 10.8. The Kier molecular flexibility index (Phi) is 4.65. The van der Waals surface area contributed by atoms with Crippen LogP contribution >= 0.6 is 0 Å². The number of oxime groups is 1. The van der Waals surface area contributed by atoms with Crippen molar-refractivity contribution in [2.24, 2.45) is 10.9 Å². The van der Waals surface area contributed by atoms with Gasteiger partial charge in [-0.3, -0.25) is 4.79 Å². The minimum absolute atomic E-state index is 0.0966. The number of nitrogens with two attached hydrogens (primary N) is 1. The summed E-state index contributed by atoms with van der Waals surface area (Å²) in [6.45, 7) is 3.66. The Balaban J connectivity index is 2.78. The van der Waals surface area contributed by atoms with Crippen molar-refractivity contribution in [3.05, 3.63) is 29.6 Å². The van der Waals surface area contributed by atoms with Gasteiger partial charge in [0.05, 0.1) is 0 Å². The van der Waals surface area contributed by atoms with Gasteiger partial charge >= 0.3 is 0 Å². The zero-order chi connectivity index (χ0) is 13.7. The number of aromatic nitrogens is 1. The summed E-state index contributed by atoms with van der Waals surface area (Å²) in [6.07, 6.45) is 0.310. The van der Waals surface area contributed by atoms with Gasteiger partial charge in [0.25, 0.3) is 5.91 Å². The van der Waals surface area contributed by atoms with E-state index < -0.39 is 0 Å². The Hall–Kier alpha value is -2.11. The first-order valence-corrected chi connectivity index (χ1v) is 5.63. The lowest BCUT2D eigenvalue weighted by molar-refractivity contribution is 0.0741. The lowest BCUT2D eigenvalue weighted by atomic mass is 10.2. The summed E-state index contributed by atoms with van der Waals surface area (Å²) in [5.74, 6) is -0.0868. The van der Waals surface area contributed by atoms with Gasteiger partial charge in [-0.05, 0) is 26.0 Å². The largest absolute Gasteiger partial charge is 0.409 e. The third-order valence-corrected chi connectivity index (χ3v) is 2.72. The smallest absolute Gasteiger partial charge is 0.272 e. The van der Waals surface area contributed by atoms with Gasteiger partial charge in [0, 0.05) is 25.2 Å². The highest BCUT2D eigenvalue weighted by molar-refractivity contribution is 5.92. The minimum atomic E-state index is -0.183. The third kappa shape index (κ3) is 3.44. The average molecular weight is 250 g/mol.